The van der Waals surface area contributed by atoms with Gasteiger partial charge in [0.15, 0.2) is 6.61 Å². The van der Waals surface area contributed by atoms with Gasteiger partial charge in [-0.2, -0.15) is 5.10 Å². The molecule has 3 aromatic rings. The van der Waals surface area contributed by atoms with Crippen LogP contribution in [0.5, 0.6) is 11.5 Å². The summed E-state index contributed by atoms with van der Waals surface area (Å²) in [6.45, 7) is 0.223. The van der Waals surface area contributed by atoms with E-state index in [0.29, 0.717) is 12.4 Å². The van der Waals surface area contributed by atoms with Gasteiger partial charge in [0.25, 0.3) is 11.6 Å². The molecule has 0 aromatic heterocycles. The van der Waals surface area contributed by atoms with Gasteiger partial charge >= 0.3 is 0 Å². The fourth-order valence-electron chi connectivity index (χ4n) is 2.42. The lowest BCUT2D eigenvalue weighted by molar-refractivity contribution is -0.384. The van der Waals surface area contributed by atoms with Gasteiger partial charge in [-0.05, 0) is 47.5 Å². The molecule has 8 nitrogen and oxygen atoms in total. The van der Waals surface area contributed by atoms with E-state index in [1.807, 2.05) is 54.6 Å². The summed E-state index contributed by atoms with van der Waals surface area (Å²) in [5, 5.41) is 14.5. The maximum atomic E-state index is 11.8. The number of nitro groups is 1. The maximum absolute atomic E-state index is 11.8. The molecular formula is C22H19N3O5. The summed E-state index contributed by atoms with van der Waals surface area (Å²) in [6.07, 6.45) is 1.50. The first-order valence-electron chi connectivity index (χ1n) is 9.06. The van der Waals surface area contributed by atoms with Crippen molar-refractivity contribution in [3.63, 3.8) is 0 Å². The Balaban J connectivity index is 1.40. The number of carbonyl (C=O) groups is 1. The van der Waals surface area contributed by atoms with E-state index in [0.717, 1.165) is 16.9 Å². The van der Waals surface area contributed by atoms with Crippen molar-refractivity contribution in [2.75, 3.05) is 6.61 Å². The molecule has 0 aliphatic heterocycles. The van der Waals surface area contributed by atoms with Crippen molar-refractivity contribution in [1.82, 2.24) is 5.43 Å². The van der Waals surface area contributed by atoms with E-state index in [2.05, 4.69) is 10.5 Å². The zero-order valence-corrected chi connectivity index (χ0v) is 15.9. The van der Waals surface area contributed by atoms with Crippen LogP contribution in [0.25, 0.3) is 0 Å². The SMILES string of the molecule is O=C(COc1ccc([N+](=O)[O-])cc1)NN=Cc1ccc(OCc2ccccc2)cc1. The molecule has 30 heavy (non-hydrogen) atoms. The van der Waals surface area contributed by atoms with Gasteiger partial charge in [-0.25, -0.2) is 5.43 Å². The first kappa shape index (κ1) is 20.5. The number of carbonyl (C=O) groups excluding carboxylic acids is 1. The van der Waals surface area contributed by atoms with E-state index in [1.54, 1.807) is 0 Å². The summed E-state index contributed by atoms with van der Waals surface area (Å²) in [7, 11) is 0. The van der Waals surface area contributed by atoms with Crippen LogP contribution in [0.1, 0.15) is 11.1 Å². The minimum atomic E-state index is -0.507. The van der Waals surface area contributed by atoms with Gasteiger partial charge in [0.1, 0.15) is 18.1 Å². The molecule has 8 heteroatoms. The Labute approximate surface area is 172 Å². The van der Waals surface area contributed by atoms with Crippen molar-refractivity contribution in [1.29, 1.82) is 0 Å². The number of nitro benzene ring substituents is 1. The lowest BCUT2D eigenvalue weighted by Crippen LogP contribution is -2.24. The summed E-state index contributed by atoms with van der Waals surface area (Å²) in [5.41, 5.74) is 4.19. The average molecular weight is 405 g/mol. The first-order chi connectivity index (χ1) is 14.6. The van der Waals surface area contributed by atoms with Gasteiger partial charge in [-0.1, -0.05) is 30.3 Å². The number of amides is 1. The molecule has 0 atom stereocenters. The number of nitrogens with zero attached hydrogens (tertiary/aromatic N) is 2. The van der Waals surface area contributed by atoms with Gasteiger partial charge in [0.2, 0.25) is 0 Å². The van der Waals surface area contributed by atoms with Gasteiger partial charge in [0, 0.05) is 12.1 Å². The van der Waals surface area contributed by atoms with E-state index >= 15 is 0 Å². The average Bonchev–Trinajstić information content (AvgIpc) is 2.78. The van der Waals surface area contributed by atoms with Crippen molar-refractivity contribution in [2.24, 2.45) is 5.10 Å². The number of nitrogens with one attached hydrogen (secondary N) is 1. The van der Waals surface area contributed by atoms with Crippen molar-refractivity contribution in [3.8, 4) is 11.5 Å². The molecule has 152 valence electrons. The Morgan fingerprint density at radius 1 is 0.933 bits per heavy atom. The first-order valence-corrected chi connectivity index (χ1v) is 9.06. The monoisotopic (exact) mass is 405 g/mol. The van der Waals surface area contributed by atoms with Gasteiger partial charge in [0.05, 0.1) is 11.1 Å². The number of hydrogen-bond donors (Lipinski definition) is 1. The highest BCUT2D eigenvalue weighted by molar-refractivity contribution is 5.83. The third kappa shape index (κ3) is 6.45. The number of ether oxygens (including phenoxy) is 2. The molecule has 3 aromatic carbocycles. The second kappa shape index (κ2) is 10.4. The van der Waals surface area contributed by atoms with Crippen LogP contribution in [-0.4, -0.2) is 23.7 Å². The van der Waals surface area contributed by atoms with E-state index < -0.39 is 10.8 Å². The Morgan fingerprint density at radius 2 is 1.57 bits per heavy atom. The Bertz CT molecular complexity index is 1000. The summed E-state index contributed by atoms with van der Waals surface area (Å²) in [5.74, 6) is 0.634. The number of hydrazone groups is 1. The summed E-state index contributed by atoms with van der Waals surface area (Å²) in [6, 6.07) is 22.6. The molecule has 0 aliphatic carbocycles. The molecule has 0 bridgehead atoms. The highest BCUT2D eigenvalue weighted by Gasteiger charge is 2.06. The third-order valence-electron chi connectivity index (χ3n) is 3.95. The Kier molecular flexibility index (Phi) is 7.10. The lowest BCUT2D eigenvalue weighted by atomic mass is 10.2. The van der Waals surface area contributed by atoms with Crippen LogP contribution in [0, 0.1) is 10.1 Å². The number of hydrogen-bond acceptors (Lipinski definition) is 6. The number of benzene rings is 3. The summed E-state index contributed by atoms with van der Waals surface area (Å²) in [4.78, 5) is 21.9. The van der Waals surface area contributed by atoms with Crippen LogP contribution < -0.4 is 14.9 Å². The molecule has 0 fully saturated rings. The second-order valence-electron chi connectivity index (χ2n) is 6.18. The standard InChI is InChI=1S/C22H19N3O5/c26-22(16-30-21-12-8-19(9-13-21)25(27)28)24-23-14-17-6-10-20(11-7-17)29-15-18-4-2-1-3-5-18/h1-14H,15-16H2,(H,24,26). The quantitative estimate of drug-likeness (QED) is 0.332. The zero-order valence-electron chi connectivity index (χ0n) is 15.9. The van der Waals surface area contributed by atoms with Crippen molar-refractivity contribution in [3.05, 3.63) is 100 Å². The highest BCUT2D eigenvalue weighted by atomic mass is 16.6. The molecule has 1 N–H and O–H groups in total. The van der Waals surface area contributed by atoms with Crippen molar-refractivity contribution in [2.45, 2.75) is 6.61 Å². The smallest absolute Gasteiger partial charge is 0.277 e. The van der Waals surface area contributed by atoms with Crippen molar-refractivity contribution >= 4 is 17.8 Å². The van der Waals surface area contributed by atoms with Crippen LogP contribution in [0.15, 0.2) is 84.0 Å². The second-order valence-corrected chi connectivity index (χ2v) is 6.18. The number of non-ortho nitro benzene ring substituents is 1. The maximum Gasteiger partial charge on any atom is 0.277 e. The van der Waals surface area contributed by atoms with Crippen LogP contribution in [0.4, 0.5) is 5.69 Å². The summed E-state index contributed by atoms with van der Waals surface area (Å²) >= 11 is 0. The molecule has 0 unspecified atom stereocenters. The molecular weight excluding hydrogens is 386 g/mol. The van der Waals surface area contributed by atoms with Crippen LogP contribution >= 0.6 is 0 Å². The van der Waals surface area contributed by atoms with E-state index in [1.165, 1.54) is 30.5 Å². The van der Waals surface area contributed by atoms with E-state index in [9.17, 15) is 14.9 Å². The fraction of sp³-hybridized carbons (Fsp3) is 0.0909. The van der Waals surface area contributed by atoms with Crippen LogP contribution in [0.2, 0.25) is 0 Å². The third-order valence-corrected chi connectivity index (χ3v) is 3.95. The Morgan fingerprint density at radius 3 is 2.23 bits per heavy atom. The van der Waals surface area contributed by atoms with Gasteiger partial charge in [-0.3, -0.25) is 14.9 Å². The van der Waals surface area contributed by atoms with Gasteiger partial charge in [-0.15, -0.1) is 0 Å². The molecule has 0 saturated heterocycles. The minimum absolute atomic E-state index is 0.0483. The Hall–Kier alpha value is -4.20. The molecule has 0 spiro atoms. The summed E-state index contributed by atoms with van der Waals surface area (Å²) < 4.78 is 11.0. The molecule has 0 saturated carbocycles. The fourth-order valence-corrected chi connectivity index (χ4v) is 2.42. The molecule has 3 rings (SSSR count). The number of rotatable bonds is 9. The normalized spacial score (nSPS) is 10.5. The predicted molar refractivity (Wildman–Crippen MR) is 112 cm³/mol. The molecule has 0 heterocycles. The molecule has 0 aliphatic rings. The van der Waals surface area contributed by atoms with Crippen molar-refractivity contribution < 1.29 is 19.2 Å². The highest BCUT2D eigenvalue weighted by Crippen LogP contribution is 2.17. The van der Waals surface area contributed by atoms with E-state index in [-0.39, 0.29) is 12.3 Å². The van der Waals surface area contributed by atoms with Crippen LogP contribution in [0.3, 0.4) is 0 Å². The topological polar surface area (TPSA) is 103 Å². The molecule has 1 amide bonds. The van der Waals surface area contributed by atoms with Crippen LogP contribution in [-0.2, 0) is 11.4 Å². The molecule has 0 radical (unpaired) electrons. The predicted octanol–water partition coefficient (Wildman–Crippen LogP) is 3.70. The van der Waals surface area contributed by atoms with E-state index in [4.69, 9.17) is 9.47 Å². The lowest BCUT2D eigenvalue weighted by Gasteiger charge is -2.06. The zero-order chi connectivity index (χ0) is 21.2. The largest absolute Gasteiger partial charge is 0.489 e. The van der Waals surface area contributed by atoms with Gasteiger partial charge < -0.3 is 9.47 Å². The minimum Gasteiger partial charge on any atom is -0.489 e.